The van der Waals surface area contributed by atoms with Gasteiger partial charge < -0.3 is 14.4 Å². The molecule has 1 fully saturated rings. The van der Waals surface area contributed by atoms with Gasteiger partial charge in [0.05, 0.1) is 30.6 Å². The number of ether oxygens (including phenoxy) is 1. The molecule has 1 unspecified atom stereocenters. The number of nitrogens with zero attached hydrogens (tertiary/aromatic N) is 2. The van der Waals surface area contributed by atoms with Crippen LogP contribution in [-0.2, 0) is 34.6 Å². The van der Waals surface area contributed by atoms with Gasteiger partial charge in [0.15, 0.2) is 6.04 Å². The molecule has 13 nitrogen and oxygen atoms in total. The summed E-state index contributed by atoms with van der Waals surface area (Å²) in [6, 6.07) is 12.7. The molecule has 0 bridgehead atoms. The first kappa shape index (κ1) is 32.5. The third-order valence-electron chi connectivity index (χ3n) is 6.35. The molecule has 0 amide bonds. The largest absolute Gasteiger partial charge is 0.529 e. The minimum atomic E-state index is -5.04. The van der Waals surface area contributed by atoms with Crippen molar-refractivity contribution in [1.82, 2.24) is 9.55 Å². The van der Waals surface area contributed by atoms with Crippen LogP contribution >= 0.6 is 23.8 Å². The molecule has 0 saturated carbocycles. The van der Waals surface area contributed by atoms with Crippen LogP contribution in [0.25, 0.3) is 6.08 Å². The van der Waals surface area contributed by atoms with E-state index in [1.807, 2.05) is 6.07 Å². The Balaban J connectivity index is 1.39. The first-order chi connectivity index (χ1) is 20.5. The molecule has 3 N–H and O–H groups in total. The van der Waals surface area contributed by atoms with Crippen molar-refractivity contribution in [3.63, 3.8) is 0 Å². The molecule has 0 radical (unpaired) electrons. The van der Waals surface area contributed by atoms with Gasteiger partial charge in [0.2, 0.25) is 0 Å². The van der Waals surface area contributed by atoms with Gasteiger partial charge in [-0.05, 0) is 47.8 Å². The standard InChI is InChI=1S/C27H28BrFN3O10P/c1-17(32(21-9-7-20(29)8-10-21)39-15-18-5-3-2-4-6-18)26(35)42-43(37,38)40-16-23-22(33)13-24(41-23)31-14-19(11-12-28)25(34)30-27(31)36/h2-12,14,17,22-24,33H,13,15-16H2,1H3,(H,37,38)(H,30,34,36)/b12-11+/t17-,22-,23+,24+/m0/s1. The average Bonchev–Trinajstić information content (AvgIpc) is 3.34. The van der Waals surface area contributed by atoms with Crippen LogP contribution in [0.15, 0.2) is 75.4 Å². The monoisotopic (exact) mass is 683 g/mol. The van der Waals surface area contributed by atoms with E-state index in [2.05, 4.69) is 20.9 Å². The zero-order valence-corrected chi connectivity index (χ0v) is 25.1. The maximum absolute atomic E-state index is 13.5. The van der Waals surface area contributed by atoms with E-state index in [4.69, 9.17) is 18.6 Å². The van der Waals surface area contributed by atoms with Crippen molar-refractivity contribution in [2.45, 2.75) is 44.4 Å². The van der Waals surface area contributed by atoms with Crippen LogP contribution in [0, 0.1) is 5.82 Å². The molecule has 1 aromatic heterocycles. The van der Waals surface area contributed by atoms with E-state index in [0.29, 0.717) is 0 Å². The Kier molecular flexibility index (Phi) is 10.8. The second-order valence-corrected chi connectivity index (χ2v) is 11.3. The molecule has 3 aromatic rings. The summed E-state index contributed by atoms with van der Waals surface area (Å²) < 4.78 is 42.6. The van der Waals surface area contributed by atoms with Gasteiger partial charge in [-0.2, -0.15) is 0 Å². The van der Waals surface area contributed by atoms with Gasteiger partial charge in [-0.15, -0.1) is 0 Å². The van der Waals surface area contributed by atoms with Crippen molar-refractivity contribution in [3.05, 3.63) is 104 Å². The Morgan fingerprint density at radius 3 is 2.63 bits per heavy atom. The van der Waals surface area contributed by atoms with Crippen LogP contribution in [0.4, 0.5) is 10.1 Å². The Morgan fingerprint density at radius 1 is 1.26 bits per heavy atom. The van der Waals surface area contributed by atoms with Crippen LogP contribution in [-0.4, -0.2) is 50.4 Å². The summed E-state index contributed by atoms with van der Waals surface area (Å²) in [5.41, 5.74) is -0.240. The number of aromatic nitrogens is 2. The molecule has 43 heavy (non-hydrogen) atoms. The van der Waals surface area contributed by atoms with Gasteiger partial charge in [-0.1, -0.05) is 46.3 Å². The highest BCUT2D eigenvalue weighted by molar-refractivity contribution is 9.11. The van der Waals surface area contributed by atoms with Crippen molar-refractivity contribution in [1.29, 1.82) is 0 Å². The second kappa shape index (κ2) is 14.4. The van der Waals surface area contributed by atoms with Crippen LogP contribution in [0.2, 0.25) is 0 Å². The molecule has 16 heteroatoms. The molecule has 2 aromatic carbocycles. The highest BCUT2D eigenvalue weighted by atomic mass is 79.9. The fourth-order valence-electron chi connectivity index (χ4n) is 4.13. The number of halogens is 2. The minimum absolute atomic E-state index is 0.0213. The molecule has 230 valence electrons. The van der Waals surface area contributed by atoms with Crippen molar-refractivity contribution in [3.8, 4) is 0 Å². The molecule has 4 rings (SSSR count). The normalized spacial score (nSPS) is 20.5. The fraction of sp³-hybridized carbons (Fsp3) is 0.296. The number of aromatic amines is 1. The number of hydrogen-bond donors (Lipinski definition) is 3. The number of phosphoric ester groups is 1. The fourth-order valence-corrected chi connectivity index (χ4v) is 5.19. The number of hydrogen-bond acceptors (Lipinski definition) is 10. The number of benzene rings is 2. The smallest absolute Gasteiger partial charge is 0.390 e. The van der Waals surface area contributed by atoms with Gasteiger partial charge in [-0.25, -0.2) is 23.6 Å². The van der Waals surface area contributed by atoms with E-state index in [9.17, 15) is 33.3 Å². The number of H-pyrrole nitrogens is 1. The number of phosphoric acid groups is 1. The van der Waals surface area contributed by atoms with E-state index < -0.39 is 61.9 Å². The molecule has 0 aliphatic carbocycles. The number of nitrogens with one attached hydrogen (secondary N) is 1. The van der Waals surface area contributed by atoms with E-state index in [-0.39, 0.29) is 24.3 Å². The number of aliphatic hydroxyl groups is 1. The number of carbonyl (C=O) groups excluding carboxylic acids is 1. The zero-order valence-electron chi connectivity index (χ0n) is 22.6. The second-order valence-electron chi connectivity index (χ2n) is 9.39. The third kappa shape index (κ3) is 8.57. The summed E-state index contributed by atoms with van der Waals surface area (Å²) in [5, 5.41) is 11.5. The Bertz CT molecular complexity index is 1600. The summed E-state index contributed by atoms with van der Waals surface area (Å²) in [6.07, 6.45) is -0.888. The Morgan fingerprint density at radius 2 is 1.95 bits per heavy atom. The van der Waals surface area contributed by atoms with E-state index in [1.54, 1.807) is 24.3 Å². The number of aliphatic hydroxyl groups excluding tert-OH is 1. The summed E-state index contributed by atoms with van der Waals surface area (Å²) >= 11 is 3.05. The molecule has 1 aliphatic heterocycles. The average molecular weight is 684 g/mol. The lowest BCUT2D eigenvalue weighted by molar-refractivity contribution is -0.140. The topological polar surface area (TPSA) is 170 Å². The maximum atomic E-state index is 13.5. The maximum Gasteiger partial charge on any atom is 0.529 e. The summed E-state index contributed by atoms with van der Waals surface area (Å²) in [5.74, 6) is -1.71. The minimum Gasteiger partial charge on any atom is -0.390 e. The summed E-state index contributed by atoms with van der Waals surface area (Å²) in [7, 11) is -5.04. The lowest BCUT2D eigenvalue weighted by Gasteiger charge is -2.29. The van der Waals surface area contributed by atoms with Gasteiger partial charge >= 0.3 is 19.5 Å². The number of anilines is 1. The van der Waals surface area contributed by atoms with E-state index in [1.165, 1.54) is 36.3 Å². The molecule has 5 atom stereocenters. The quantitative estimate of drug-likeness (QED) is 0.189. The Labute approximate surface area is 252 Å². The molecule has 0 spiro atoms. The Hall–Kier alpha value is -3.43. The third-order valence-corrected chi connectivity index (χ3v) is 7.50. The van der Waals surface area contributed by atoms with Crippen LogP contribution in [0.5, 0.6) is 0 Å². The molecule has 1 aliphatic rings. The molecular weight excluding hydrogens is 656 g/mol. The van der Waals surface area contributed by atoms with Gasteiger partial charge in [-0.3, -0.25) is 28.6 Å². The van der Waals surface area contributed by atoms with Crippen molar-refractivity contribution < 1.29 is 42.4 Å². The number of carbonyl (C=O) groups is 1. The first-order valence-corrected chi connectivity index (χ1v) is 15.3. The van der Waals surface area contributed by atoms with E-state index in [0.717, 1.165) is 27.3 Å². The van der Waals surface area contributed by atoms with Crippen LogP contribution < -0.4 is 16.3 Å². The highest BCUT2D eigenvalue weighted by Gasteiger charge is 2.39. The SMILES string of the molecule is C[C@@H](C(=O)OP(=O)(O)OC[C@H]1O[C@@H](n2cc(/C=C/Br)c(=O)[nH]c2=O)C[C@@H]1O)N(OCc1ccccc1)c1ccc(F)cc1. The van der Waals surface area contributed by atoms with Gasteiger partial charge in [0, 0.05) is 12.6 Å². The van der Waals surface area contributed by atoms with E-state index >= 15 is 0 Å². The molecule has 1 saturated heterocycles. The van der Waals surface area contributed by atoms with Gasteiger partial charge in [0.25, 0.3) is 5.56 Å². The lowest BCUT2D eigenvalue weighted by Crippen LogP contribution is -2.40. The number of rotatable bonds is 12. The van der Waals surface area contributed by atoms with Crippen LogP contribution in [0.1, 0.15) is 30.7 Å². The number of hydroxylamine groups is 1. The van der Waals surface area contributed by atoms with Gasteiger partial charge in [0.1, 0.15) is 18.1 Å². The highest BCUT2D eigenvalue weighted by Crippen LogP contribution is 2.45. The predicted molar refractivity (Wildman–Crippen MR) is 155 cm³/mol. The van der Waals surface area contributed by atoms with Crippen molar-refractivity contribution in [2.24, 2.45) is 0 Å². The van der Waals surface area contributed by atoms with Crippen LogP contribution in [0.3, 0.4) is 0 Å². The molecular formula is C27H28BrFN3O10P. The predicted octanol–water partition coefficient (Wildman–Crippen LogP) is 3.38. The van der Waals surface area contributed by atoms with Crippen molar-refractivity contribution in [2.75, 3.05) is 11.7 Å². The molecule has 2 heterocycles. The summed E-state index contributed by atoms with van der Waals surface area (Å²) in [6.45, 7) is 0.700. The lowest BCUT2D eigenvalue weighted by atomic mass is 10.2. The summed E-state index contributed by atoms with van der Waals surface area (Å²) in [4.78, 5) is 56.8. The zero-order chi connectivity index (χ0) is 31.1. The van der Waals surface area contributed by atoms with Crippen molar-refractivity contribution >= 4 is 41.5 Å². The first-order valence-electron chi connectivity index (χ1n) is 12.9.